The van der Waals surface area contributed by atoms with E-state index in [1.165, 1.54) is 0 Å². The topological polar surface area (TPSA) is 46.2 Å². The molecule has 1 rings (SSSR count). The molecule has 2 nitrogen and oxygen atoms in total. The zero-order chi connectivity index (χ0) is 12.5. The average Bonchev–Trinajstić information content (AvgIpc) is 2.24. The monoisotopic (exact) mass is 273 g/mol. The maximum Gasteiger partial charge on any atom is 0.289 e. The van der Waals surface area contributed by atoms with Crippen LogP contribution >= 0.6 is 23.2 Å². The molecule has 0 amide bonds. The first-order chi connectivity index (χ1) is 7.31. The van der Waals surface area contributed by atoms with Crippen LogP contribution < -0.4 is 5.73 Å². The van der Waals surface area contributed by atoms with E-state index >= 15 is 0 Å². The summed E-state index contributed by atoms with van der Waals surface area (Å²) in [5.74, 6) is -4.77. The summed E-state index contributed by atoms with van der Waals surface area (Å²) in [6.07, 6.45) is 0. The highest BCUT2D eigenvalue weighted by molar-refractivity contribution is 6.33. The average molecular weight is 274 g/mol. The van der Waals surface area contributed by atoms with Crippen LogP contribution in [-0.2, 0) is 0 Å². The van der Waals surface area contributed by atoms with Crippen LogP contribution in [0.3, 0.4) is 0 Å². The van der Waals surface area contributed by atoms with Gasteiger partial charge in [-0.2, -0.15) is 0 Å². The lowest BCUT2D eigenvalue weighted by molar-refractivity contribution is -0.0718. The smallest absolute Gasteiger partial charge is 0.289 e. The maximum absolute atomic E-state index is 13.5. The molecule has 7 heteroatoms. The fourth-order valence-electron chi connectivity index (χ4n) is 1.14. The van der Waals surface area contributed by atoms with Gasteiger partial charge in [-0.1, -0.05) is 23.2 Å². The van der Waals surface area contributed by atoms with Crippen molar-refractivity contribution >= 4 is 23.2 Å². The number of halogens is 5. The maximum atomic E-state index is 13.5. The highest BCUT2D eigenvalue weighted by Crippen LogP contribution is 2.36. The van der Waals surface area contributed by atoms with Crippen molar-refractivity contribution < 1.29 is 18.3 Å². The second-order valence-electron chi connectivity index (χ2n) is 3.15. The Hall–Kier alpha value is -0.490. The van der Waals surface area contributed by atoms with Crippen molar-refractivity contribution in [2.24, 2.45) is 5.73 Å². The van der Waals surface area contributed by atoms with Crippen molar-refractivity contribution in [2.75, 3.05) is 6.61 Å². The summed E-state index contributed by atoms with van der Waals surface area (Å²) in [6, 6.07) is 0.242. The van der Waals surface area contributed by atoms with Gasteiger partial charge in [0.05, 0.1) is 5.02 Å². The van der Waals surface area contributed by atoms with Gasteiger partial charge in [0.1, 0.15) is 18.5 Å². The molecule has 3 N–H and O–H groups in total. The molecule has 16 heavy (non-hydrogen) atoms. The fraction of sp³-hybridized carbons (Fsp3) is 0.333. The molecule has 0 bridgehead atoms. The van der Waals surface area contributed by atoms with Crippen LogP contribution in [0.15, 0.2) is 12.1 Å². The number of aliphatic hydroxyl groups excluding tert-OH is 1. The summed E-state index contributed by atoms with van der Waals surface area (Å²) in [5, 5.41) is 7.83. The first-order valence-electron chi connectivity index (χ1n) is 4.19. The summed E-state index contributed by atoms with van der Waals surface area (Å²) >= 11 is 11.0. The Morgan fingerprint density at radius 1 is 1.31 bits per heavy atom. The Labute approximate surface area is 99.8 Å². The minimum atomic E-state index is -3.67. The summed E-state index contributed by atoms with van der Waals surface area (Å²) in [4.78, 5) is 0. The van der Waals surface area contributed by atoms with Gasteiger partial charge in [-0.25, -0.2) is 13.2 Å². The van der Waals surface area contributed by atoms with Crippen LogP contribution in [-0.4, -0.2) is 17.6 Å². The Balaban J connectivity index is 3.28. The largest absolute Gasteiger partial charge is 0.390 e. The number of alkyl halides is 2. The van der Waals surface area contributed by atoms with Crippen molar-refractivity contribution in [1.82, 2.24) is 0 Å². The standard InChI is InChI=1S/C9H8Cl2F3NO/c10-4-1-2-5(11)7(12)6(4)8(15)9(13,14)3-16/h1-2,8,16H,3,15H2/t8-/m0/s1. The highest BCUT2D eigenvalue weighted by Gasteiger charge is 2.40. The SMILES string of the molecule is N[C@@H](c1c(Cl)ccc(Cl)c1F)C(F)(F)CO. The Morgan fingerprint density at radius 3 is 2.31 bits per heavy atom. The van der Waals surface area contributed by atoms with E-state index in [9.17, 15) is 13.2 Å². The molecule has 0 spiro atoms. The van der Waals surface area contributed by atoms with E-state index in [4.69, 9.17) is 34.0 Å². The molecule has 0 aliphatic carbocycles. The van der Waals surface area contributed by atoms with E-state index in [1.54, 1.807) is 0 Å². The van der Waals surface area contributed by atoms with Gasteiger partial charge in [0, 0.05) is 10.6 Å². The number of nitrogens with two attached hydrogens (primary N) is 1. The number of rotatable bonds is 3. The molecular weight excluding hydrogens is 266 g/mol. The minimum absolute atomic E-state index is 0.262. The lowest BCUT2D eigenvalue weighted by atomic mass is 10.0. The predicted molar refractivity (Wildman–Crippen MR) is 55.4 cm³/mol. The summed E-state index contributed by atoms with van der Waals surface area (Å²) < 4.78 is 39.6. The number of hydrogen-bond donors (Lipinski definition) is 2. The molecule has 0 heterocycles. The van der Waals surface area contributed by atoms with E-state index in [2.05, 4.69) is 0 Å². The van der Waals surface area contributed by atoms with Crippen molar-refractivity contribution in [3.05, 3.63) is 33.6 Å². The third-order valence-corrected chi connectivity index (χ3v) is 2.68. The van der Waals surface area contributed by atoms with E-state index in [-0.39, 0.29) is 10.0 Å². The Kier molecular flexibility index (Phi) is 4.07. The van der Waals surface area contributed by atoms with Crippen LogP contribution in [0.2, 0.25) is 10.0 Å². The molecule has 0 unspecified atom stereocenters. The van der Waals surface area contributed by atoms with Crippen LogP contribution in [0.4, 0.5) is 13.2 Å². The number of benzene rings is 1. The van der Waals surface area contributed by atoms with Crippen LogP contribution in [0.1, 0.15) is 11.6 Å². The molecule has 0 saturated heterocycles. The first kappa shape index (κ1) is 13.6. The number of aliphatic hydroxyl groups is 1. The van der Waals surface area contributed by atoms with Gasteiger partial charge in [0.2, 0.25) is 0 Å². The molecule has 0 aromatic heterocycles. The van der Waals surface area contributed by atoms with E-state index in [0.717, 1.165) is 12.1 Å². The second-order valence-corrected chi connectivity index (χ2v) is 3.97. The van der Waals surface area contributed by atoms with Crippen molar-refractivity contribution in [1.29, 1.82) is 0 Å². The van der Waals surface area contributed by atoms with Crippen molar-refractivity contribution in [2.45, 2.75) is 12.0 Å². The third kappa shape index (κ3) is 2.43. The predicted octanol–water partition coefficient (Wildman–Crippen LogP) is 2.76. The van der Waals surface area contributed by atoms with E-state index < -0.39 is 30.0 Å². The highest BCUT2D eigenvalue weighted by atomic mass is 35.5. The Bertz CT molecular complexity index is 401. The lowest BCUT2D eigenvalue weighted by Crippen LogP contribution is -2.37. The third-order valence-electron chi connectivity index (χ3n) is 2.06. The summed E-state index contributed by atoms with van der Waals surface area (Å²) in [5.41, 5.74) is 4.56. The molecule has 90 valence electrons. The van der Waals surface area contributed by atoms with Gasteiger partial charge in [-0.3, -0.25) is 0 Å². The van der Waals surface area contributed by atoms with Gasteiger partial charge in [0.15, 0.2) is 0 Å². The molecule has 1 atom stereocenters. The van der Waals surface area contributed by atoms with Gasteiger partial charge in [-0.05, 0) is 12.1 Å². The molecular formula is C9H8Cl2F3NO. The molecule has 0 fully saturated rings. The zero-order valence-electron chi connectivity index (χ0n) is 7.85. The fourth-order valence-corrected chi connectivity index (χ4v) is 1.57. The zero-order valence-corrected chi connectivity index (χ0v) is 9.37. The quantitative estimate of drug-likeness (QED) is 0.832. The van der Waals surface area contributed by atoms with Crippen LogP contribution in [0.25, 0.3) is 0 Å². The molecule has 0 aliphatic heterocycles. The summed E-state index contributed by atoms with van der Waals surface area (Å²) in [7, 11) is 0. The van der Waals surface area contributed by atoms with Gasteiger partial charge in [-0.15, -0.1) is 0 Å². The molecule has 0 aliphatic rings. The van der Waals surface area contributed by atoms with Gasteiger partial charge >= 0.3 is 0 Å². The second kappa shape index (κ2) is 4.79. The molecule has 0 radical (unpaired) electrons. The lowest BCUT2D eigenvalue weighted by Gasteiger charge is -2.23. The van der Waals surface area contributed by atoms with Crippen molar-refractivity contribution in [3.63, 3.8) is 0 Å². The van der Waals surface area contributed by atoms with Crippen LogP contribution in [0.5, 0.6) is 0 Å². The number of hydrogen-bond acceptors (Lipinski definition) is 2. The van der Waals surface area contributed by atoms with Gasteiger partial charge in [0.25, 0.3) is 5.92 Å². The molecule has 1 aromatic rings. The normalized spacial score (nSPS) is 13.9. The molecule has 1 aromatic carbocycles. The van der Waals surface area contributed by atoms with E-state index in [0.29, 0.717) is 0 Å². The Morgan fingerprint density at radius 2 is 1.81 bits per heavy atom. The van der Waals surface area contributed by atoms with E-state index in [1.807, 2.05) is 0 Å². The first-order valence-corrected chi connectivity index (χ1v) is 4.94. The molecule has 0 saturated carbocycles. The van der Waals surface area contributed by atoms with Gasteiger partial charge < -0.3 is 10.8 Å². The summed E-state index contributed by atoms with van der Waals surface area (Å²) in [6.45, 7) is -1.50. The van der Waals surface area contributed by atoms with Crippen LogP contribution in [0, 0.1) is 5.82 Å². The van der Waals surface area contributed by atoms with Crippen molar-refractivity contribution in [3.8, 4) is 0 Å². The minimum Gasteiger partial charge on any atom is -0.390 e.